The SMILES string of the molecule is CCNC(=O)NC(=O)C(c1ccccc1)N1CCN(C(=O)CN2CCOCC2)CC1. The van der Waals surface area contributed by atoms with Gasteiger partial charge in [-0.1, -0.05) is 30.3 Å². The normalized spacial score (nSPS) is 19.2. The molecule has 30 heavy (non-hydrogen) atoms. The third kappa shape index (κ3) is 6.01. The van der Waals surface area contributed by atoms with Gasteiger partial charge in [-0.15, -0.1) is 0 Å². The minimum Gasteiger partial charge on any atom is -0.379 e. The molecular weight excluding hydrogens is 386 g/mol. The van der Waals surface area contributed by atoms with Crippen molar-refractivity contribution < 1.29 is 19.1 Å². The first kappa shape index (κ1) is 22.2. The minimum atomic E-state index is -0.578. The number of morpholine rings is 1. The molecular formula is C21H31N5O4. The number of amides is 4. The van der Waals surface area contributed by atoms with Crippen LogP contribution in [0.25, 0.3) is 0 Å². The number of nitrogens with zero attached hydrogens (tertiary/aromatic N) is 3. The molecule has 2 heterocycles. The molecule has 2 saturated heterocycles. The molecule has 2 N–H and O–H groups in total. The van der Waals surface area contributed by atoms with E-state index >= 15 is 0 Å². The third-order valence-corrected chi connectivity index (χ3v) is 5.43. The van der Waals surface area contributed by atoms with Crippen molar-refractivity contribution in [2.24, 2.45) is 0 Å². The van der Waals surface area contributed by atoms with E-state index in [-0.39, 0.29) is 11.8 Å². The monoisotopic (exact) mass is 417 g/mol. The molecule has 3 rings (SSSR count). The van der Waals surface area contributed by atoms with E-state index in [1.165, 1.54) is 0 Å². The van der Waals surface area contributed by atoms with Gasteiger partial charge in [-0.3, -0.25) is 24.7 Å². The fourth-order valence-electron chi connectivity index (χ4n) is 3.83. The summed E-state index contributed by atoms with van der Waals surface area (Å²) in [6, 6.07) is 8.35. The molecule has 9 nitrogen and oxygen atoms in total. The van der Waals surface area contributed by atoms with Crippen LogP contribution in [0.2, 0.25) is 0 Å². The second kappa shape index (κ2) is 11.1. The number of hydrogen-bond donors (Lipinski definition) is 2. The van der Waals surface area contributed by atoms with Gasteiger partial charge < -0.3 is 15.0 Å². The van der Waals surface area contributed by atoms with E-state index in [0.717, 1.165) is 18.7 Å². The quantitative estimate of drug-likeness (QED) is 0.679. The lowest BCUT2D eigenvalue weighted by molar-refractivity contribution is -0.136. The highest BCUT2D eigenvalue weighted by Crippen LogP contribution is 2.22. The van der Waals surface area contributed by atoms with Gasteiger partial charge in [-0.05, 0) is 12.5 Å². The first-order valence-corrected chi connectivity index (χ1v) is 10.5. The summed E-state index contributed by atoms with van der Waals surface area (Å²) in [5.41, 5.74) is 0.826. The predicted octanol–water partition coefficient (Wildman–Crippen LogP) is 0.0498. The lowest BCUT2D eigenvalue weighted by Gasteiger charge is -2.39. The van der Waals surface area contributed by atoms with E-state index in [0.29, 0.717) is 52.5 Å². The smallest absolute Gasteiger partial charge is 0.321 e. The van der Waals surface area contributed by atoms with Crippen LogP contribution in [0.4, 0.5) is 4.79 Å². The summed E-state index contributed by atoms with van der Waals surface area (Å²) in [5.74, 6) is -0.250. The molecule has 2 aliphatic rings. The van der Waals surface area contributed by atoms with Gasteiger partial charge in [-0.2, -0.15) is 0 Å². The largest absolute Gasteiger partial charge is 0.379 e. The molecule has 164 valence electrons. The molecule has 1 aromatic rings. The molecule has 0 aliphatic carbocycles. The molecule has 0 bridgehead atoms. The summed E-state index contributed by atoms with van der Waals surface area (Å²) in [7, 11) is 0. The number of benzene rings is 1. The van der Waals surface area contributed by atoms with E-state index in [1.807, 2.05) is 40.1 Å². The average molecular weight is 418 g/mol. The van der Waals surface area contributed by atoms with Crippen LogP contribution < -0.4 is 10.6 Å². The van der Waals surface area contributed by atoms with Crippen LogP contribution in [0.3, 0.4) is 0 Å². The van der Waals surface area contributed by atoms with E-state index in [9.17, 15) is 14.4 Å². The number of nitrogens with one attached hydrogen (secondary N) is 2. The molecule has 0 saturated carbocycles. The maximum absolute atomic E-state index is 12.9. The summed E-state index contributed by atoms with van der Waals surface area (Å²) in [6.07, 6.45) is 0. The zero-order valence-corrected chi connectivity index (χ0v) is 17.5. The fraction of sp³-hybridized carbons (Fsp3) is 0.571. The Hall–Kier alpha value is -2.49. The summed E-state index contributed by atoms with van der Waals surface area (Å²) in [5, 5.41) is 5.03. The molecule has 9 heteroatoms. The van der Waals surface area contributed by atoms with Gasteiger partial charge in [0.05, 0.1) is 19.8 Å². The minimum absolute atomic E-state index is 0.111. The number of piperazine rings is 1. The molecule has 1 unspecified atom stereocenters. The van der Waals surface area contributed by atoms with E-state index < -0.39 is 12.1 Å². The van der Waals surface area contributed by atoms with Crippen molar-refractivity contribution in [3.05, 3.63) is 35.9 Å². The standard InChI is InChI=1S/C21H31N5O4/c1-2-22-21(29)23-20(28)19(17-6-4-3-5-7-17)26-10-8-25(9-11-26)18(27)16-24-12-14-30-15-13-24/h3-7,19H,2,8-16H2,1H3,(H2,22,23,28,29). The van der Waals surface area contributed by atoms with Crippen molar-refractivity contribution in [1.82, 2.24) is 25.3 Å². The van der Waals surface area contributed by atoms with Gasteiger partial charge in [0.1, 0.15) is 6.04 Å². The van der Waals surface area contributed by atoms with E-state index in [4.69, 9.17) is 4.74 Å². The first-order valence-electron chi connectivity index (χ1n) is 10.5. The van der Waals surface area contributed by atoms with Crippen LogP contribution in [0.1, 0.15) is 18.5 Å². The summed E-state index contributed by atoms with van der Waals surface area (Å²) in [4.78, 5) is 43.4. The third-order valence-electron chi connectivity index (χ3n) is 5.43. The van der Waals surface area contributed by atoms with Crippen LogP contribution in [0.15, 0.2) is 30.3 Å². The van der Waals surface area contributed by atoms with Crippen molar-refractivity contribution in [2.75, 3.05) is 65.6 Å². The van der Waals surface area contributed by atoms with Crippen LogP contribution in [-0.4, -0.2) is 98.1 Å². The maximum Gasteiger partial charge on any atom is 0.321 e. The van der Waals surface area contributed by atoms with Crippen molar-refractivity contribution >= 4 is 17.8 Å². The Morgan fingerprint density at radius 3 is 2.30 bits per heavy atom. The van der Waals surface area contributed by atoms with Gasteiger partial charge in [-0.25, -0.2) is 4.79 Å². The molecule has 0 spiro atoms. The van der Waals surface area contributed by atoms with Gasteiger partial charge >= 0.3 is 6.03 Å². The highest BCUT2D eigenvalue weighted by molar-refractivity contribution is 5.97. The topological polar surface area (TPSA) is 94.2 Å². The zero-order valence-electron chi connectivity index (χ0n) is 17.5. The fourth-order valence-corrected chi connectivity index (χ4v) is 3.83. The van der Waals surface area contributed by atoms with Crippen molar-refractivity contribution in [3.8, 4) is 0 Å². The maximum atomic E-state index is 12.9. The number of urea groups is 1. The number of carbonyl (C=O) groups excluding carboxylic acids is 3. The van der Waals surface area contributed by atoms with Crippen molar-refractivity contribution in [1.29, 1.82) is 0 Å². The second-order valence-corrected chi connectivity index (χ2v) is 7.47. The Balaban J connectivity index is 1.60. The highest BCUT2D eigenvalue weighted by Gasteiger charge is 2.32. The Kier molecular flexibility index (Phi) is 8.18. The zero-order chi connectivity index (χ0) is 21.3. The molecule has 1 aromatic carbocycles. The number of hydrogen-bond acceptors (Lipinski definition) is 6. The molecule has 2 fully saturated rings. The number of imide groups is 1. The summed E-state index contributed by atoms with van der Waals surface area (Å²) in [6.45, 7) is 7.79. The summed E-state index contributed by atoms with van der Waals surface area (Å²) < 4.78 is 5.33. The lowest BCUT2D eigenvalue weighted by atomic mass is 10.0. The molecule has 4 amide bonds. The Morgan fingerprint density at radius 1 is 1.00 bits per heavy atom. The van der Waals surface area contributed by atoms with Crippen LogP contribution >= 0.6 is 0 Å². The van der Waals surface area contributed by atoms with Crippen LogP contribution in [0, 0.1) is 0 Å². The molecule has 0 aromatic heterocycles. The van der Waals surface area contributed by atoms with Gasteiger partial charge in [0.15, 0.2) is 0 Å². The Labute approximate surface area is 177 Å². The van der Waals surface area contributed by atoms with Crippen LogP contribution in [-0.2, 0) is 14.3 Å². The average Bonchev–Trinajstić information content (AvgIpc) is 2.76. The van der Waals surface area contributed by atoms with Gasteiger partial charge in [0, 0.05) is 45.8 Å². The number of rotatable bonds is 6. The summed E-state index contributed by atoms with van der Waals surface area (Å²) >= 11 is 0. The number of ether oxygens (including phenoxy) is 1. The van der Waals surface area contributed by atoms with E-state index in [1.54, 1.807) is 6.92 Å². The predicted molar refractivity (Wildman–Crippen MR) is 112 cm³/mol. The highest BCUT2D eigenvalue weighted by atomic mass is 16.5. The van der Waals surface area contributed by atoms with E-state index in [2.05, 4.69) is 15.5 Å². The number of carbonyl (C=O) groups is 3. The van der Waals surface area contributed by atoms with Crippen LogP contribution in [0.5, 0.6) is 0 Å². The van der Waals surface area contributed by atoms with Gasteiger partial charge in [0.2, 0.25) is 11.8 Å². The first-order chi connectivity index (χ1) is 14.6. The second-order valence-electron chi connectivity index (χ2n) is 7.47. The lowest BCUT2D eigenvalue weighted by Crippen LogP contribution is -2.55. The Morgan fingerprint density at radius 2 is 1.67 bits per heavy atom. The van der Waals surface area contributed by atoms with Crippen molar-refractivity contribution in [3.63, 3.8) is 0 Å². The molecule has 2 aliphatic heterocycles. The molecule has 0 radical (unpaired) electrons. The van der Waals surface area contributed by atoms with Crippen molar-refractivity contribution in [2.45, 2.75) is 13.0 Å². The van der Waals surface area contributed by atoms with Gasteiger partial charge in [0.25, 0.3) is 0 Å². The Bertz CT molecular complexity index is 715. The molecule has 1 atom stereocenters.